The van der Waals surface area contributed by atoms with E-state index in [1.54, 1.807) is 39.8 Å². The molecule has 0 radical (unpaired) electrons. The Labute approximate surface area is 162 Å². The van der Waals surface area contributed by atoms with Crippen LogP contribution in [0.1, 0.15) is 59.6 Å². The number of nitrogens with zero attached hydrogens (tertiary/aromatic N) is 1. The van der Waals surface area contributed by atoms with Crippen molar-refractivity contribution < 1.29 is 23.9 Å². The maximum Gasteiger partial charge on any atom is 0.311 e. The number of likely N-dealkylation sites (N-methyl/N-ethyl adjacent to an activating group) is 1. The van der Waals surface area contributed by atoms with Crippen molar-refractivity contribution in [3.8, 4) is 0 Å². The average Bonchev–Trinajstić information content (AvgIpc) is 2.63. The highest BCUT2D eigenvalue weighted by Crippen LogP contribution is 2.24. The molecule has 6 nitrogen and oxygen atoms in total. The van der Waals surface area contributed by atoms with Crippen LogP contribution in [0.2, 0.25) is 0 Å². The second-order valence-electron chi connectivity index (χ2n) is 7.99. The smallest absolute Gasteiger partial charge is 0.311 e. The SMILES string of the molecule is CCC(=O)OCC(C)(COC(=O)C(C)(C)C)N(C)OC(C)c1ccccc1. The van der Waals surface area contributed by atoms with E-state index in [4.69, 9.17) is 14.3 Å². The molecule has 0 aliphatic rings. The second-order valence-corrected chi connectivity index (χ2v) is 7.99. The summed E-state index contributed by atoms with van der Waals surface area (Å²) in [6.07, 6.45) is 0.0683. The number of rotatable bonds is 9. The molecule has 2 atom stereocenters. The zero-order valence-electron chi connectivity index (χ0n) is 17.6. The Balaban J connectivity index is 2.87. The van der Waals surface area contributed by atoms with Crippen LogP contribution in [-0.2, 0) is 23.9 Å². The lowest BCUT2D eigenvalue weighted by Crippen LogP contribution is -2.52. The molecule has 27 heavy (non-hydrogen) atoms. The van der Waals surface area contributed by atoms with Gasteiger partial charge in [0.05, 0.1) is 5.41 Å². The molecule has 0 bridgehead atoms. The van der Waals surface area contributed by atoms with Gasteiger partial charge in [0.15, 0.2) is 0 Å². The monoisotopic (exact) mass is 379 g/mol. The van der Waals surface area contributed by atoms with Gasteiger partial charge in [-0.3, -0.25) is 14.4 Å². The highest BCUT2D eigenvalue weighted by atomic mass is 16.7. The molecule has 0 N–H and O–H groups in total. The van der Waals surface area contributed by atoms with Crippen molar-refractivity contribution in [1.82, 2.24) is 5.06 Å². The fourth-order valence-corrected chi connectivity index (χ4v) is 2.15. The number of esters is 2. The Morgan fingerprint density at radius 1 is 1.04 bits per heavy atom. The maximum atomic E-state index is 12.2. The lowest BCUT2D eigenvalue weighted by molar-refractivity contribution is -0.252. The summed E-state index contributed by atoms with van der Waals surface area (Å²) in [5.74, 6) is -0.632. The first kappa shape index (κ1) is 23.1. The fourth-order valence-electron chi connectivity index (χ4n) is 2.15. The lowest BCUT2D eigenvalue weighted by atomic mass is 9.97. The number of carbonyl (C=O) groups is 2. The number of hydrogen-bond donors (Lipinski definition) is 0. The Morgan fingerprint density at radius 3 is 2.11 bits per heavy atom. The molecule has 0 aliphatic heterocycles. The molecule has 0 aliphatic carbocycles. The number of hydrogen-bond acceptors (Lipinski definition) is 6. The Kier molecular flexibility index (Phi) is 8.44. The first-order valence-electron chi connectivity index (χ1n) is 9.28. The molecular formula is C21H33NO5. The number of benzene rings is 1. The van der Waals surface area contributed by atoms with Crippen LogP contribution in [0.4, 0.5) is 0 Å². The highest BCUT2D eigenvalue weighted by molar-refractivity contribution is 5.75. The summed E-state index contributed by atoms with van der Waals surface area (Å²) in [6.45, 7) is 11.0. The molecule has 0 saturated heterocycles. The van der Waals surface area contributed by atoms with Gasteiger partial charge in [0.2, 0.25) is 0 Å². The second kappa shape index (κ2) is 9.85. The van der Waals surface area contributed by atoms with Crippen molar-refractivity contribution in [2.45, 2.75) is 59.6 Å². The molecule has 0 fully saturated rings. The summed E-state index contributed by atoms with van der Waals surface area (Å²) in [4.78, 5) is 29.9. The van der Waals surface area contributed by atoms with Crippen molar-refractivity contribution in [2.75, 3.05) is 20.3 Å². The van der Waals surface area contributed by atoms with Gasteiger partial charge in [-0.15, -0.1) is 0 Å². The van der Waals surface area contributed by atoms with Gasteiger partial charge in [0.25, 0.3) is 0 Å². The zero-order chi connectivity index (χ0) is 20.7. The molecule has 1 rings (SSSR count). The Morgan fingerprint density at radius 2 is 1.59 bits per heavy atom. The van der Waals surface area contributed by atoms with Crippen molar-refractivity contribution in [3.63, 3.8) is 0 Å². The molecule has 0 heterocycles. The predicted molar refractivity (Wildman–Crippen MR) is 104 cm³/mol. The van der Waals surface area contributed by atoms with Crippen LogP contribution < -0.4 is 0 Å². The molecule has 0 spiro atoms. The van der Waals surface area contributed by atoms with Gasteiger partial charge in [-0.25, -0.2) is 0 Å². The third-order valence-corrected chi connectivity index (χ3v) is 4.30. The quantitative estimate of drug-likeness (QED) is 0.479. The summed E-state index contributed by atoms with van der Waals surface area (Å²) < 4.78 is 10.8. The average molecular weight is 379 g/mol. The standard InChI is InChI=1S/C21H33NO5/c1-8-18(23)25-14-21(6,15-26-19(24)20(3,4)5)22(7)27-16(2)17-12-10-9-11-13-17/h9-13,16H,8,14-15H2,1-7H3. The van der Waals surface area contributed by atoms with Crippen LogP contribution in [0.25, 0.3) is 0 Å². The van der Waals surface area contributed by atoms with Crippen LogP contribution in [0.3, 0.4) is 0 Å². The highest BCUT2D eigenvalue weighted by Gasteiger charge is 2.36. The maximum absolute atomic E-state index is 12.2. The number of ether oxygens (including phenoxy) is 2. The number of hydroxylamine groups is 2. The van der Waals surface area contributed by atoms with Crippen LogP contribution >= 0.6 is 0 Å². The van der Waals surface area contributed by atoms with Gasteiger partial charge < -0.3 is 9.47 Å². The van der Waals surface area contributed by atoms with E-state index in [1.165, 1.54) is 0 Å². The largest absolute Gasteiger partial charge is 0.463 e. The van der Waals surface area contributed by atoms with E-state index in [-0.39, 0.29) is 37.7 Å². The lowest BCUT2D eigenvalue weighted by Gasteiger charge is -2.38. The van der Waals surface area contributed by atoms with E-state index < -0.39 is 11.0 Å². The minimum absolute atomic E-state index is 0.0398. The molecule has 1 aromatic carbocycles. The molecule has 0 aromatic heterocycles. The van der Waals surface area contributed by atoms with Gasteiger partial charge in [0.1, 0.15) is 24.9 Å². The van der Waals surface area contributed by atoms with Gasteiger partial charge in [-0.2, -0.15) is 5.06 Å². The van der Waals surface area contributed by atoms with Crippen LogP contribution in [0, 0.1) is 5.41 Å². The van der Waals surface area contributed by atoms with E-state index in [0.717, 1.165) is 5.56 Å². The Bertz CT molecular complexity index is 611. The van der Waals surface area contributed by atoms with E-state index >= 15 is 0 Å². The minimum atomic E-state index is -0.825. The van der Waals surface area contributed by atoms with E-state index in [2.05, 4.69) is 0 Å². The normalized spacial score (nSPS) is 15.1. The van der Waals surface area contributed by atoms with Gasteiger partial charge in [0, 0.05) is 13.5 Å². The third-order valence-electron chi connectivity index (χ3n) is 4.30. The molecule has 152 valence electrons. The van der Waals surface area contributed by atoms with Crippen molar-refractivity contribution in [3.05, 3.63) is 35.9 Å². The summed E-state index contributed by atoms with van der Waals surface area (Å²) in [5.41, 5.74) is -0.420. The van der Waals surface area contributed by atoms with Crippen molar-refractivity contribution in [1.29, 1.82) is 0 Å². The van der Waals surface area contributed by atoms with Gasteiger partial charge in [-0.1, -0.05) is 37.3 Å². The fraction of sp³-hybridized carbons (Fsp3) is 0.619. The number of carbonyl (C=O) groups excluding carboxylic acids is 2. The summed E-state index contributed by atoms with van der Waals surface area (Å²) >= 11 is 0. The Hall–Kier alpha value is -1.92. The molecule has 0 saturated carbocycles. The first-order chi connectivity index (χ1) is 12.5. The molecule has 6 heteroatoms. The van der Waals surface area contributed by atoms with E-state index in [9.17, 15) is 9.59 Å². The summed E-state index contributed by atoms with van der Waals surface area (Å²) in [7, 11) is 1.75. The van der Waals surface area contributed by atoms with E-state index in [0.29, 0.717) is 0 Å². The van der Waals surface area contributed by atoms with E-state index in [1.807, 2.05) is 44.2 Å². The van der Waals surface area contributed by atoms with Crippen molar-refractivity contribution >= 4 is 11.9 Å². The molecular weight excluding hydrogens is 346 g/mol. The minimum Gasteiger partial charge on any atom is -0.463 e. The topological polar surface area (TPSA) is 65.1 Å². The van der Waals surface area contributed by atoms with Gasteiger partial charge in [-0.05, 0) is 40.2 Å². The summed E-state index contributed by atoms with van der Waals surface area (Å²) in [5, 5.41) is 1.61. The molecule has 1 aromatic rings. The summed E-state index contributed by atoms with van der Waals surface area (Å²) in [6, 6.07) is 9.80. The molecule has 2 unspecified atom stereocenters. The third kappa shape index (κ3) is 7.31. The van der Waals surface area contributed by atoms with Crippen LogP contribution in [0.15, 0.2) is 30.3 Å². The zero-order valence-corrected chi connectivity index (χ0v) is 17.6. The first-order valence-corrected chi connectivity index (χ1v) is 9.28. The van der Waals surface area contributed by atoms with Crippen molar-refractivity contribution in [2.24, 2.45) is 5.41 Å². The van der Waals surface area contributed by atoms with Crippen LogP contribution in [0.5, 0.6) is 0 Å². The van der Waals surface area contributed by atoms with Crippen LogP contribution in [-0.4, -0.2) is 42.8 Å². The van der Waals surface area contributed by atoms with Gasteiger partial charge >= 0.3 is 11.9 Å². The predicted octanol–water partition coefficient (Wildman–Crippen LogP) is 3.91. The molecule has 0 amide bonds.